The molecule has 110 valence electrons. The summed E-state index contributed by atoms with van der Waals surface area (Å²) in [7, 11) is 1.73. The Morgan fingerprint density at radius 2 is 1.90 bits per heavy atom. The van der Waals surface area contributed by atoms with Gasteiger partial charge in [-0.05, 0) is 35.7 Å². The summed E-state index contributed by atoms with van der Waals surface area (Å²) < 4.78 is 11.1. The summed E-state index contributed by atoms with van der Waals surface area (Å²) in [5.74, 6) is 2.57. The smallest absolute Gasteiger partial charge is 0.119 e. The minimum Gasteiger partial charge on any atom is -0.493 e. The fraction of sp³-hybridized carbons (Fsp3) is 0.333. The van der Waals surface area contributed by atoms with Crippen molar-refractivity contribution < 1.29 is 9.47 Å². The number of methoxy groups -OCH3 is 1. The Morgan fingerprint density at radius 1 is 1.10 bits per heavy atom. The molecule has 3 rings (SSSR count). The summed E-state index contributed by atoms with van der Waals surface area (Å²) in [6, 6.07) is 17.0. The maximum atomic E-state index is 5.96. The van der Waals surface area contributed by atoms with Crippen molar-refractivity contribution in [2.24, 2.45) is 0 Å². The van der Waals surface area contributed by atoms with E-state index in [9.17, 15) is 0 Å². The number of benzene rings is 2. The highest BCUT2D eigenvalue weighted by Gasteiger charge is 2.23. The molecule has 2 aromatic carbocycles. The number of fused-ring (bicyclic) bond motifs is 1. The standard InChI is InChI=1S/C18H20O2S/c1-19-11-10-14-6-8-16(9-7-14)20-12-15-13-21-18-5-3-2-4-17(15)18/h2-9,15H,10-13H2,1H3. The fourth-order valence-corrected chi connectivity index (χ4v) is 3.77. The van der Waals surface area contributed by atoms with E-state index in [-0.39, 0.29) is 0 Å². The van der Waals surface area contributed by atoms with Crippen LogP contribution >= 0.6 is 11.8 Å². The van der Waals surface area contributed by atoms with Crippen molar-refractivity contribution in [2.75, 3.05) is 26.1 Å². The van der Waals surface area contributed by atoms with Gasteiger partial charge in [0, 0.05) is 23.7 Å². The molecule has 21 heavy (non-hydrogen) atoms. The molecule has 0 fully saturated rings. The predicted molar refractivity (Wildman–Crippen MR) is 87.4 cm³/mol. The quantitative estimate of drug-likeness (QED) is 0.798. The van der Waals surface area contributed by atoms with Gasteiger partial charge in [-0.25, -0.2) is 0 Å². The third kappa shape index (κ3) is 3.60. The molecule has 0 saturated heterocycles. The molecular formula is C18H20O2S. The van der Waals surface area contributed by atoms with Crippen molar-refractivity contribution in [1.82, 2.24) is 0 Å². The number of hydrogen-bond donors (Lipinski definition) is 0. The third-order valence-corrected chi connectivity index (χ3v) is 5.02. The third-order valence-electron chi connectivity index (χ3n) is 3.77. The van der Waals surface area contributed by atoms with Gasteiger partial charge in [-0.1, -0.05) is 30.3 Å². The van der Waals surface area contributed by atoms with Crippen LogP contribution in [-0.4, -0.2) is 26.1 Å². The van der Waals surface area contributed by atoms with Gasteiger partial charge in [-0.2, -0.15) is 0 Å². The Labute approximate surface area is 130 Å². The molecule has 1 aliphatic rings. The molecule has 0 saturated carbocycles. The van der Waals surface area contributed by atoms with Gasteiger partial charge in [0.25, 0.3) is 0 Å². The van der Waals surface area contributed by atoms with E-state index in [1.807, 2.05) is 11.8 Å². The van der Waals surface area contributed by atoms with Crippen LogP contribution in [-0.2, 0) is 11.2 Å². The molecule has 2 aromatic rings. The molecule has 0 N–H and O–H groups in total. The van der Waals surface area contributed by atoms with Gasteiger partial charge in [0.1, 0.15) is 5.75 Å². The molecule has 2 nitrogen and oxygen atoms in total. The Kier molecular flexibility index (Phi) is 4.84. The molecule has 1 atom stereocenters. The monoisotopic (exact) mass is 300 g/mol. The van der Waals surface area contributed by atoms with Crippen LogP contribution in [0.4, 0.5) is 0 Å². The van der Waals surface area contributed by atoms with Gasteiger partial charge in [0.15, 0.2) is 0 Å². The Bertz CT molecular complexity index is 580. The van der Waals surface area contributed by atoms with Crippen molar-refractivity contribution in [3.8, 4) is 5.75 Å². The van der Waals surface area contributed by atoms with Crippen LogP contribution in [0.2, 0.25) is 0 Å². The van der Waals surface area contributed by atoms with Crippen LogP contribution in [0.1, 0.15) is 17.0 Å². The van der Waals surface area contributed by atoms with Gasteiger partial charge in [0.2, 0.25) is 0 Å². The lowest BCUT2D eigenvalue weighted by Gasteiger charge is -2.13. The zero-order valence-corrected chi connectivity index (χ0v) is 13.1. The molecule has 1 unspecified atom stereocenters. The SMILES string of the molecule is COCCc1ccc(OCC2CSc3ccccc32)cc1. The second-order valence-electron chi connectivity index (χ2n) is 5.24. The Hall–Kier alpha value is -1.45. The summed E-state index contributed by atoms with van der Waals surface area (Å²) in [5, 5.41) is 0. The minimum atomic E-state index is 0.499. The highest BCUT2D eigenvalue weighted by atomic mass is 32.2. The summed E-state index contributed by atoms with van der Waals surface area (Å²) in [4.78, 5) is 1.40. The first-order valence-corrected chi connectivity index (χ1v) is 8.28. The maximum absolute atomic E-state index is 5.96. The van der Waals surface area contributed by atoms with Crippen molar-refractivity contribution in [3.63, 3.8) is 0 Å². The van der Waals surface area contributed by atoms with Gasteiger partial charge in [0.05, 0.1) is 13.2 Å². The number of hydrogen-bond acceptors (Lipinski definition) is 3. The van der Waals surface area contributed by atoms with E-state index in [1.54, 1.807) is 7.11 Å². The topological polar surface area (TPSA) is 18.5 Å². The normalized spacial score (nSPS) is 16.7. The van der Waals surface area contributed by atoms with Crippen molar-refractivity contribution in [1.29, 1.82) is 0 Å². The summed E-state index contributed by atoms with van der Waals surface area (Å²) in [6.45, 7) is 1.51. The largest absolute Gasteiger partial charge is 0.493 e. The van der Waals surface area contributed by atoms with Gasteiger partial charge in [-0.3, -0.25) is 0 Å². The maximum Gasteiger partial charge on any atom is 0.119 e. The molecule has 0 radical (unpaired) electrons. The average molecular weight is 300 g/mol. The molecule has 0 amide bonds. The highest BCUT2D eigenvalue weighted by Crippen LogP contribution is 2.39. The predicted octanol–water partition coefficient (Wildman–Crippen LogP) is 4.14. The lowest BCUT2D eigenvalue weighted by atomic mass is 10.0. The summed E-state index contributed by atoms with van der Waals surface area (Å²) in [6.07, 6.45) is 0.948. The first kappa shape index (κ1) is 14.5. The van der Waals surface area contributed by atoms with Crippen LogP contribution in [0.15, 0.2) is 53.4 Å². The Balaban J connectivity index is 1.56. The Morgan fingerprint density at radius 3 is 2.71 bits per heavy atom. The van der Waals surface area contributed by atoms with Crippen LogP contribution in [0.3, 0.4) is 0 Å². The molecule has 0 bridgehead atoms. The second-order valence-corrected chi connectivity index (χ2v) is 6.31. The van der Waals surface area contributed by atoms with E-state index in [1.165, 1.54) is 16.0 Å². The number of ether oxygens (including phenoxy) is 2. The molecule has 1 heterocycles. The van der Waals surface area contributed by atoms with Gasteiger partial charge in [-0.15, -0.1) is 11.8 Å². The molecule has 0 aliphatic carbocycles. The fourth-order valence-electron chi connectivity index (χ4n) is 2.54. The molecule has 1 aliphatic heterocycles. The van der Waals surface area contributed by atoms with E-state index < -0.39 is 0 Å². The number of thioether (sulfide) groups is 1. The van der Waals surface area contributed by atoms with E-state index in [2.05, 4.69) is 48.5 Å². The zero-order valence-electron chi connectivity index (χ0n) is 12.2. The first-order chi connectivity index (χ1) is 10.4. The van der Waals surface area contributed by atoms with E-state index in [0.717, 1.165) is 31.1 Å². The van der Waals surface area contributed by atoms with Crippen molar-refractivity contribution in [2.45, 2.75) is 17.2 Å². The molecule has 0 aromatic heterocycles. The average Bonchev–Trinajstić information content (AvgIpc) is 2.95. The first-order valence-electron chi connectivity index (χ1n) is 7.29. The van der Waals surface area contributed by atoms with E-state index in [0.29, 0.717) is 5.92 Å². The zero-order chi connectivity index (χ0) is 14.5. The van der Waals surface area contributed by atoms with Gasteiger partial charge < -0.3 is 9.47 Å². The lowest BCUT2D eigenvalue weighted by molar-refractivity contribution is 0.202. The molecular weight excluding hydrogens is 280 g/mol. The summed E-state index contributed by atoms with van der Waals surface area (Å²) in [5.41, 5.74) is 2.71. The summed E-state index contributed by atoms with van der Waals surface area (Å²) >= 11 is 1.93. The van der Waals surface area contributed by atoms with Crippen molar-refractivity contribution in [3.05, 3.63) is 59.7 Å². The lowest BCUT2D eigenvalue weighted by Crippen LogP contribution is -2.09. The minimum absolute atomic E-state index is 0.499. The van der Waals surface area contributed by atoms with Gasteiger partial charge >= 0.3 is 0 Å². The molecule has 3 heteroatoms. The van der Waals surface area contributed by atoms with Crippen LogP contribution < -0.4 is 4.74 Å². The number of rotatable bonds is 6. The van der Waals surface area contributed by atoms with Crippen LogP contribution in [0, 0.1) is 0 Å². The van der Waals surface area contributed by atoms with E-state index in [4.69, 9.17) is 9.47 Å². The van der Waals surface area contributed by atoms with Crippen molar-refractivity contribution >= 4 is 11.8 Å². The van der Waals surface area contributed by atoms with Crippen LogP contribution in [0.5, 0.6) is 5.75 Å². The second kappa shape index (κ2) is 7.01. The van der Waals surface area contributed by atoms with Crippen LogP contribution in [0.25, 0.3) is 0 Å². The molecule has 0 spiro atoms. The van der Waals surface area contributed by atoms with E-state index >= 15 is 0 Å². The highest BCUT2D eigenvalue weighted by molar-refractivity contribution is 7.99.